The second kappa shape index (κ2) is 14.8. The second-order valence-electron chi connectivity index (χ2n) is 11.7. The smallest absolute Gasteiger partial charge is 0.416 e. The maximum absolute atomic E-state index is 14.7. The molecule has 6 rings (SSSR count). The summed E-state index contributed by atoms with van der Waals surface area (Å²) in [6, 6.07) is 1.79. The van der Waals surface area contributed by atoms with Gasteiger partial charge in [0.15, 0.2) is 0 Å². The van der Waals surface area contributed by atoms with Crippen LogP contribution in [0.25, 0.3) is 5.78 Å². The van der Waals surface area contributed by atoms with E-state index in [0.717, 1.165) is 10.6 Å². The molecule has 0 aliphatic carbocycles. The minimum absolute atomic E-state index is 0.0411. The van der Waals surface area contributed by atoms with Gasteiger partial charge in [0, 0.05) is 45.9 Å². The number of carbonyl (C=O) groups is 3. The van der Waals surface area contributed by atoms with Crippen LogP contribution in [0.1, 0.15) is 35.3 Å². The number of carbonyl (C=O) groups excluding carboxylic acids is 3. The zero-order valence-corrected chi connectivity index (χ0v) is 27.4. The minimum atomic E-state index is -4.77. The monoisotopic (exact) mass is 718 g/mol. The van der Waals surface area contributed by atoms with E-state index >= 15 is 0 Å². The molecule has 20 heteroatoms. The van der Waals surface area contributed by atoms with Gasteiger partial charge in [0.1, 0.15) is 24.3 Å². The Labute approximate surface area is 287 Å². The van der Waals surface area contributed by atoms with E-state index in [-0.39, 0.29) is 68.4 Å². The first-order valence-corrected chi connectivity index (χ1v) is 16.2. The zero-order chi connectivity index (χ0) is 36.3. The van der Waals surface area contributed by atoms with Crippen molar-refractivity contribution in [2.45, 2.75) is 32.5 Å². The number of amides is 3. The van der Waals surface area contributed by atoms with Crippen LogP contribution >= 0.6 is 0 Å². The summed E-state index contributed by atoms with van der Waals surface area (Å²) in [5, 5.41) is 9.31. The molecule has 0 radical (unpaired) electrons. The highest BCUT2D eigenvalue weighted by molar-refractivity contribution is 5.93. The number of alkyl halides is 3. The maximum atomic E-state index is 14.7. The summed E-state index contributed by atoms with van der Waals surface area (Å²) in [5.74, 6) is -2.94. The van der Waals surface area contributed by atoms with E-state index in [4.69, 9.17) is 9.15 Å². The Morgan fingerprint density at radius 2 is 1.80 bits per heavy atom. The van der Waals surface area contributed by atoms with E-state index in [1.54, 1.807) is 11.8 Å². The normalized spacial score (nSPS) is 15.6. The number of halogens is 4. The topological polar surface area (TPSA) is 172 Å². The number of hydrogen-bond donors (Lipinski definition) is 2. The van der Waals surface area contributed by atoms with Gasteiger partial charge in [-0.1, -0.05) is 6.92 Å². The van der Waals surface area contributed by atoms with Gasteiger partial charge >= 0.3 is 12.1 Å². The molecule has 0 spiro atoms. The summed E-state index contributed by atoms with van der Waals surface area (Å²) in [5.41, 5.74) is -1.53. The van der Waals surface area contributed by atoms with Gasteiger partial charge in [-0.05, 0) is 31.0 Å². The Hall–Kier alpha value is -5.53. The molecule has 0 unspecified atom stereocenters. The fourth-order valence-electron chi connectivity index (χ4n) is 5.98. The van der Waals surface area contributed by atoms with Gasteiger partial charge in [-0.25, -0.2) is 9.37 Å². The van der Waals surface area contributed by atoms with E-state index in [2.05, 4.69) is 25.7 Å². The first kappa shape index (κ1) is 35.3. The van der Waals surface area contributed by atoms with Crippen LogP contribution in [0.5, 0.6) is 0 Å². The van der Waals surface area contributed by atoms with Gasteiger partial charge in [-0.2, -0.15) is 22.7 Å². The summed E-state index contributed by atoms with van der Waals surface area (Å²) in [4.78, 5) is 66.1. The van der Waals surface area contributed by atoms with Crippen molar-refractivity contribution in [3.05, 3.63) is 64.0 Å². The van der Waals surface area contributed by atoms with Crippen molar-refractivity contribution in [1.29, 1.82) is 0 Å². The summed E-state index contributed by atoms with van der Waals surface area (Å²) in [6.07, 6.45) is -1.29. The number of benzene rings is 1. The van der Waals surface area contributed by atoms with Gasteiger partial charge in [0.05, 0.1) is 36.3 Å². The molecule has 2 fully saturated rings. The number of anilines is 3. The van der Waals surface area contributed by atoms with Crippen LogP contribution < -0.4 is 26.0 Å². The van der Waals surface area contributed by atoms with Gasteiger partial charge in [-0.3, -0.25) is 19.2 Å². The Bertz CT molecular complexity index is 1960. The molecule has 2 aliphatic rings. The molecule has 3 aromatic heterocycles. The van der Waals surface area contributed by atoms with Crippen molar-refractivity contribution < 1.29 is 41.1 Å². The van der Waals surface area contributed by atoms with Gasteiger partial charge in [0.25, 0.3) is 11.4 Å². The molecule has 1 aromatic carbocycles. The van der Waals surface area contributed by atoms with Gasteiger partial charge in [-0.15, -0.1) is 5.10 Å². The number of aromatic nitrogens is 5. The van der Waals surface area contributed by atoms with Crippen molar-refractivity contribution in [2.24, 2.45) is 0 Å². The molecular formula is C31H34F4N10O6. The number of hydrogen-bond acceptors (Lipinski definition) is 11. The van der Waals surface area contributed by atoms with Crippen molar-refractivity contribution in [3.63, 3.8) is 0 Å². The third-order valence-corrected chi connectivity index (χ3v) is 8.50. The van der Waals surface area contributed by atoms with E-state index in [1.165, 1.54) is 21.9 Å². The van der Waals surface area contributed by atoms with Crippen LogP contribution in [0.15, 0.2) is 39.9 Å². The SMILES string of the molecule is CCc1c(N2CCN(C(=O)CNC(=O)c3ncco3)CC2)c(=O)n2nc(N3CCCOCC3)nc2n1CC(=O)Nc1ccc(C(F)(F)F)cc1F. The summed E-state index contributed by atoms with van der Waals surface area (Å²) >= 11 is 0. The van der Waals surface area contributed by atoms with E-state index in [0.29, 0.717) is 50.6 Å². The van der Waals surface area contributed by atoms with Gasteiger partial charge in [0.2, 0.25) is 23.5 Å². The Balaban J connectivity index is 1.28. The van der Waals surface area contributed by atoms with Crippen LogP contribution in [0, 0.1) is 5.82 Å². The zero-order valence-electron chi connectivity index (χ0n) is 27.4. The van der Waals surface area contributed by atoms with Crippen LogP contribution in [-0.2, 0) is 33.5 Å². The molecule has 5 heterocycles. The highest BCUT2D eigenvalue weighted by Gasteiger charge is 2.32. The van der Waals surface area contributed by atoms with Crippen molar-refractivity contribution in [3.8, 4) is 0 Å². The number of piperazine rings is 1. The molecule has 2 N–H and O–H groups in total. The number of fused-ring (bicyclic) bond motifs is 1. The van der Waals surface area contributed by atoms with Crippen molar-refractivity contribution in [2.75, 3.05) is 74.1 Å². The number of oxazole rings is 1. The molecule has 4 aromatic rings. The first-order valence-electron chi connectivity index (χ1n) is 16.2. The summed E-state index contributed by atoms with van der Waals surface area (Å²) < 4.78 is 67.0. The van der Waals surface area contributed by atoms with Crippen molar-refractivity contribution in [1.82, 2.24) is 34.4 Å². The van der Waals surface area contributed by atoms with E-state index in [9.17, 15) is 36.7 Å². The number of rotatable bonds is 9. The predicted octanol–water partition coefficient (Wildman–Crippen LogP) is 1.54. The average Bonchev–Trinajstić information content (AvgIpc) is 3.74. The Morgan fingerprint density at radius 3 is 2.49 bits per heavy atom. The lowest BCUT2D eigenvalue weighted by Gasteiger charge is -2.36. The third kappa shape index (κ3) is 7.64. The fraction of sp³-hybridized carbons (Fsp3) is 0.452. The summed E-state index contributed by atoms with van der Waals surface area (Å²) in [6.45, 7) is 3.84. The highest BCUT2D eigenvalue weighted by atomic mass is 19.4. The highest BCUT2D eigenvalue weighted by Crippen LogP contribution is 2.31. The lowest BCUT2D eigenvalue weighted by Crippen LogP contribution is -2.52. The largest absolute Gasteiger partial charge is 0.441 e. The first-order chi connectivity index (χ1) is 24.4. The maximum Gasteiger partial charge on any atom is 0.416 e. The predicted molar refractivity (Wildman–Crippen MR) is 172 cm³/mol. The molecule has 2 aliphatic heterocycles. The van der Waals surface area contributed by atoms with E-state index in [1.807, 2.05) is 4.90 Å². The van der Waals surface area contributed by atoms with Crippen LogP contribution in [0.3, 0.4) is 0 Å². The van der Waals surface area contributed by atoms with Crippen LogP contribution in [0.4, 0.5) is 34.9 Å². The fourth-order valence-corrected chi connectivity index (χ4v) is 5.98. The van der Waals surface area contributed by atoms with Gasteiger partial charge < -0.3 is 39.1 Å². The molecule has 3 amide bonds. The molecule has 0 saturated carbocycles. The number of nitrogens with one attached hydrogen (secondary N) is 2. The standard InChI is InChI=1S/C31H34F4N10O6/c1-2-22-25(42-10-8-41(9-11-42)24(47)17-37-26(48)27-36-6-14-51-27)28(49)45-30(39-29(40-45)43-7-3-13-50-15-12-43)44(22)18-23(46)38-21-5-4-19(16-20(21)32)31(33,34)35/h4-6,14,16H,2-3,7-13,15,17-18H2,1H3,(H,37,48)(H,38,46). The molecule has 0 atom stereocenters. The molecular weight excluding hydrogens is 684 g/mol. The average molecular weight is 719 g/mol. The lowest BCUT2D eigenvalue weighted by atomic mass is 10.2. The van der Waals surface area contributed by atoms with Crippen LogP contribution in [-0.4, -0.2) is 106 Å². The second-order valence-corrected chi connectivity index (χ2v) is 11.7. The number of ether oxygens (including phenoxy) is 1. The molecule has 16 nitrogen and oxygen atoms in total. The molecule has 0 bridgehead atoms. The Morgan fingerprint density at radius 1 is 1.02 bits per heavy atom. The minimum Gasteiger partial charge on any atom is -0.441 e. The summed E-state index contributed by atoms with van der Waals surface area (Å²) in [7, 11) is 0. The van der Waals surface area contributed by atoms with E-state index < -0.39 is 47.2 Å². The quantitative estimate of drug-likeness (QED) is 0.241. The lowest BCUT2D eigenvalue weighted by molar-refractivity contribution is -0.137. The number of nitrogens with zero attached hydrogens (tertiary/aromatic N) is 8. The molecule has 2 saturated heterocycles. The van der Waals surface area contributed by atoms with Crippen molar-refractivity contribution >= 4 is 40.8 Å². The Kier molecular flexibility index (Phi) is 10.2. The molecule has 51 heavy (non-hydrogen) atoms. The molecule has 272 valence electrons. The third-order valence-electron chi connectivity index (χ3n) is 8.50. The van der Waals surface area contributed by atoms with Crippen LogP contribution in [0.2, 0.25) is 0 Å².